The van der Waals surface area contributed by atoms with E-state index in [4.69, 9.17) is 23.7 Å². The Bertz CT molecular complexity index is 522. The van der Waals surface area contributed by atoms with Gasteiger partial charge in [0.25, 0.3) is 0 Å². The van der Waals surface area contributed by atoms with E-state index < -0.39 is 0 Å². The molecule has 2 nitrogen and oxygen atoms in total. The maximum absolute atomic E-state index is 5.83. The van der Waals surface area contributed by atoms with Crippen molar-refractivity contribution in [2.24, 2.45) is 11.5 Å². The van der Waals surface area contributed by atoms with Gasteiger partial charge in [0.05, 0.1) is 11.0 Å². The van der Waals surface area contributed by atoms with Crippen molar-refractivity contribution in [1.82, 2.24) is 0 Å². The number of rotatable bonds is 3. The molecule has 0 amide bonds. The summed E-state index contributed by atoms with van der Waals surface area (Å²) >= 11 is 4.87. The first-order valence-electron chi connectivity index (χ1n) is 5.19. The predicted octanol–water partition coefficient (Wildman–Crippen LogP) is 2.00. The van der Waals surface area contributed by atoms with Crippen LogP contribution < -0.4 is 11.5 Å². The van der Waals surface area contributed by atoms with Crippen molar-refractivity contribution in [3.63, 3.8) is 0 Å². The van der Waals surface area contributed by atoms with Gasteiger partial charge < -0.3 is 11.5 Å². The van der Waals surface area contributed by atoms with Gasteiger partial charge in [-0.2, -0.15) is 0 Å². The molecule has 0 saturated heterocycles. The zero-order chi connectivity index (χ0) is 11.5. The Balaban J connectivity index is 2.29. The lowest BCUT2D eigenvalue weighted by molar-refractivity contribution is 0.854. The largest absolute Gasteiger partial charge is 0.392 e. The average molecular weight is 230 g/mol. The Morgan fingerprint density at radius 2 is 1.81 bits per heavy atom. The molecule has 0 aliphatic heterocycles. The van der Waals surface area contributed by atoms with Crippen LogP contribution in [0.5, 0.6) is 0 Å². The first kappa shape index (κ1) is 11.0. The smallest absolute Gasteiger partial charge is 0.0901 e. The van der Waals surface area contributed by atoms with E-state index in [0.29, 0.717) is 11.4 Å². The summed E-state index contributed by atoms with van der Waals surface area (Å²) in [6.07, 6.45) is 0.695. The molecule has 0 saturated carbocycles. The summed E-state index contributed by atoms with van der Waals surface area (Å²) in [5, 5.41) is 2.45. The molecule has 0 aliphatic carbocycles. The molecule has 4 N–H and O–H groups in total. The average Bonchev–Trinajstić information content (AvgIpc) is 2.28. The number of hydrogen-bond acceptors (Lipinski definition) is 2. The van der Waals surface area contributed by atoms with Crippen LogP contribution in [0.2, 0.25) is 0 Å². The fraction of sp³-hybridized carbons (Fsp3) is 0.154. The molecule has 16 heavy (non-hydrogen) atoms. The van der Waals surface area contributed by atoms with Crippen LogP contribution in [0.1, 0.15) is 5.56 Å². The van der Waals surface area contributed by atoms with Gasteiger partial charge in [-0.3, -0.25) is 0 Å². The molecule has 0 radical (unpaired) electrons. The van der Waals surface area contributed by atoms with Gasteiger partial charge >= 0.3 is 0 Å². The minimum absolute atomic E-state index is 0.240. The van der Waals surface area contributed by atoms with Crippen LogP contribution in [-0.2, 0) is 6.42 Å². The van der Waals surface area contributed by atoms with Crippen LogP contribution in [0.15, 0.2) is 42.5 Å². The third-order valence-corrected chi connectivity index (χ3v) is 2.94. The Labute approximate surface area is 100 Å². The van der Waals surface area contributed by atoms with Gasteiger partial charge in [0.1, 0.15) is 0 Å². The lowest BCUT2D eigenvalue weighted by Gasteiger charge is -2.10. The van der Waals surface area contributed by atoms with Crippen molar-refractivity contribution in [3.05, 3.63) is 48.0 Å². The molecule has 0 aromatic heterocycles. The molecule has 0 spiro atoms. The van der Waals surface area contributed by atoms with Gasteiger partial charge in [-0.15, -0.1) is 0 Å². The molecular weight excluding hydrogens is 216 g/mol. The van der Waals surface area contributed by atoms with E-state index in [1.807, 2.05) is 12.1 Å². The van der Waals surface area contributed by atoms with E-state index in [0.717, 1.165) is 0 Å². The zero-order valence-corrected chi connectivity index (χ0v) is 9.71. The first-order chi connectivity index (χ1) is 7.66. The van der Waals surface area contributed by atoms with Crippen molar-refractivity contribution in [2.75, 3.05) is 0 Å². The van der Waals surface area contributed by atoms with Gasteiger partial charge in [0, 0.05) is 0 Å². The number of nitrogens with two attached hydrogens (primary N) is 2. The molecule has 0 fully saturated rings. The summed E-state index contributed by atoms with van der Waals surface area (Å²) in [5.74, 6) is 0. The molecule has 2 rings (SSSR count). The first-order valence-corrected chi connectivity index (χ1v) is 5.60. The number of benzene rings is 2. The van der Waals surface area contributed by atoms with Crippen LogP contribution in [0.4, 0.5) is 0 Å². The van der Waals surface area contributed by atoms with Gasteiger partial charge in [-0.1, -0.05) is 54.7 Å². The van der Waals surface area contributed by atoms with Gasteiger partial charge in [0.2, 0.25) is 0 Å². The maximum Gasteiger partial charge on any atom is 0.0901 e. The summed E-state index contributed by atoms with van der Waals surface area (Å²) in [6.45, 7) is 0. The molecule has 0 bridgehead atoms. The van der Waals surface area contributed by atoms with Crippen LogP contribution >= 0.6 is 12.2 Å². The summed E-state index contributed by atoms with van der Waals surface area (Å²) < 4.78 is 0. The second kappa shape index (κ2) is 4.60. The van der Waals surface area contributed by atoms with Crippen LogP contribution in [0.3, 0.4) is 0 Å². The second-order valence-electron chi connectivity index (χ2n) is 3.89. The highest BCUT2D eigenvalue weighted by atomic mass is 32.1. The minimum atomic E-state index is -0.240. The Hall–Kier alpha value is -1.45. The van der Waals surface area contributed by atoms with Gasteiger partial charge in [-0.05, 0) is 22.8 Å². The fourth-order valence-corrected chi connectivity index (χ4v) is 1.80. The predicted molar refractivity (Wildman–Crippen MR) is 72.4 cm³/mol. The Kier molecular flexibility index (Phi) is 3.17. The monoisotopic (exact) mass is 230 g/mol. The fourth-order valence-electron chi connectivity index (χ4n) is 1.72. The molecule has 2 aromatic rings. The standard InChI is InChI=1S/C13H14N2S/c14-12(13(15)16)8-9-5-6-10-3-1-2-4-11(10)7-9/h1-7,12H,8,14H2,(H2,15,16). The quantitative estimate of drug-likeness (QED) is 0.793. The SMILES string of the molecule is NC(=S)C(N)Cc1ccc2ccccc2c1. The lowest BCUT2D eigenvalue weighted by Crippen LogP contribution is -2.36. The molecule has 2 aromatic carbocycles. The van der Waals surface area contributed by atoms with Gasteiger partial charge in [-0.25, -0.2) is 0 Å². The third kappa shape index (κ3) is 2.38. The highest BCUT2D eigenvalue weighted by Gasteiger charge is 2.06. The topological polar surface area (TPSA) is 52.0 Å². The molecular formula is C13H14N2S. The van der Waals surface area contributed by atoms with E-state index >= 15 is 0 Å². The second-order valence-corrected chi connectivity index (χ2v) is 4.37. The van der Waals surface area contributed by atoms with E-state index in [1.165, 1.54) is 16.3 Å². The third-order valence-electron chi connectivity index (χ3n) is 2.63. The van der Waals surface area contributed by atoms with E-state index in [-0.39, 0.29) is 6.04 Å². The van der Waals surface area contributed by atoms with Crippen LogP contribution in [-0.4, -0.2) is 11.0 Å². The highest BCUT2D eigenvalue weighted by Crippen LogP contribution is 2.16. The van der Waals surface area contributed by atoms with Crippen molar-refractivity contribution < 1.29 is 0 Å². The maximum atomic E-state index is 5.83. The van der Waals surface area contributed by atoms with E-state index in [2.05, 4.69) is 30.3 Å². The Morgan fingerprint density at radius 1 is 1.12 bits per heavy atom. The van der Waals surface area contributed by atoms with Crippen molar-refractivity contribution in [1.29, 1.82) is 0 Å². The summed E-state index contributed by atoms with van der Waals surface area (Å²) in [4.78, 5) is 0.369. The molecule has 3 heteroatoms. The van der Waals surface area contributed by atoms with Gasteiger partial charge in [0.15, 0.2) is 0 Å². The zero-order valence-electron chi connectivity index (χ0n) is 8.89. The summed E-state index contributed by atoms with van der Waals surface area (Å²) in [6, 6.07) is 14.3. The summed E-state index contributed by atoms with van der Waals surface area (Å²) in [7, 11) is 0. The molecule has 1 atom stereocenters. The molecule has 0 aliphatic rings. The van der Waals surface area contributed by atoms with E-state index in [9.17, 15) is 0 Å². The number of hydrogen-bond donors (Lipinski definition) is 2. The van der Waals surface area contributed by atoms with Crippen molar-refractivity contribution in [2.45, 2.75) is 12.5 Å². The molecule has 0 heterocycles. The van der Waals surface area contributed by atoms with Crippen molar-refractivity contribution >= 4 is 28.0 Å². The van der Waals surface area contributed by atoms with Crippen molar-refractivity contribution in [3.8, 4) is 0 Å². The molecule has 82 valence electrons. The Morgan fingerprint density at radius 3 is 2.50 bits per heavy atom. The number of thiocarbonyl (C=S) groups is 1. The van der Waals surface area contributed by atoms with E-state index in [1.54, 1.807) is 0 Å². The minimum Gasteiger partial charge on any atom is -0.392 e. The van der Waals surface area contributed by atoms with Crippen LogP contribution in [0.25, 0.3) is 10.8 Å². The number of fused-ring (bicyclic) bond motifs is 1. The summed E-state index contributed by atoms with van der Waals surface area (Å²) in [5.41, 5.74) is 12.5. The normalized spacial score (nSPS) is 12.6. The van der Waals surface area contributed by atoms with Crippen LogP contribution in [0, 0.1) is 0 Å². The highest BCUT2D eigenvalue weighted by molar-refractivity contribution is 7.80. The molecule has 1 unspecified atom stereocenters. The lowest BCUT2D eigenvalue weighted by atomic mass is 10.0.